The fraction of sp³-hybridized carbons (Fsp3) is 0.158. The lowest BCUT2D eigenvalue weighted by Crippen LogP contribution is -2.30. The summed E-state index contributed by atoms with van der Waals surface area (Å²) in [5, 5.41) is 0. The van der Waals surface area contributed by atoms with Crippen LogP contribution in [0.3, 0.4) is 0 Å². The molecule has 0 saturated carbocycles. The van der Waals surface area contributed by atoms with Crippen molar-refractivity contribution in [1.29, 1.82) is 0 Å². The number of para-hydroxylation sites is 1. The van der Waals surface area contributed by atoms with Crippen molar-refractivity contribution in [3.63, 3.8) is 0 Å². The SMILES string of the molecule is Cc1ccc(-c2ccc(N3C(=O)c4ccc(Oc5ccc(C(C)(C)c6ccc(Oc7ccc8c(c7)C(=O)N(c7c(C)cccc7C)C8=O)cc6)cc5)cc4C3=O)c(C)c2)cc1C.Cc1cccc(C)c1CN1C(=O)c2ccc(Oc3ccc(C(C)(C)c4ccc(Oc5ccc6c(c5)C(=O)N(C)C6=O)cc4)cc3)cc2C1=O. The number of nitrogens with zero attached hydrogens (tertiary/aromatic N) is 4. The molecule has 111 heavy (non-hydrogen) atoms. The molecule has 0 radical (unpaired) electrons. The van der Waals surface area contributed by atoms with Crippen LogP contribution in [-0.4, -0.2) is 64.1 Å². The molecule has 0 N–H and O–H groups in total. The fourth-order valence-corrected chi connectivity index (χ4v) is 14.9. The van der Waals surface area contributed by atoms with Gasteiger partial charge in [-0.1, -0.05) is 137 Å². The van der Waals surface area contributed by atoms with E-state index in [1.165, 1.54) is 32.9 Å². The Kier molecular flexibility index (Phi) is 18.7. The van der Waals surface area contributed by atoms with Crippen LogP contribution in [0.15, 0.2) is 243 Å². The lowest BCUT2D eigenvalue weighted by Gasteiger charge is -2.26. The Morgan fingerprint density at radius 3 is 0.982 bits per heavy atom. The summed E-state index contributed by atoms with van der Waals surface area (Å²) in [6, 6.07) is 74.8. The Labute approximate surface area is 643 Å². The van der Waals surface area contributed by atoms with Crippen LogP contribution >= 0.6 is 0 Å². The van der Waals surface area contributed by atoms with E-state index < -0.39 is 0 Å². The molecule has 4 heterocycles. The number of anilines is 2. The number of carbonyl (C=O) groups is 8. The molecule has 4 aliphatic heterocycles. The molecular weight excluding hydrogens is 1390 g/mol. The number of benzene rings is 12. The van der Waals surface area contributed by atoms with E-state index in [-0.39, 0.29) is 64.6 Å². The van der Waals surface area contributed by atoms with Crippen molar-refractivity contribution in [1.82, 2.24) is 9.80 Å². The number of hydrogen-bond donors (Lipinski definition) is 0. The van der Waals surface area contributed by atoms with E-state index in [0.29, 0.717) is 102 Å². The van der Waals surface area contributed by atoms with E-state index in [2.05, 4.69) is 59.7 Å². The van der Waals surface area contributed by atoms with Crippen LogP contribution in [0.2, 0.25) is 0 Å². The number of hydrogen-bond acceptors (Lipinski definition) is 12. The number of rotatable bonds is 17. The minimum absolute atomic E-state index is 0.228. The molecule has 0 saturated heterocycles. The Hall–Kier alpha value is -13.6. The van der Waals surface area contributed by atoms with Gasteiger partial charge in [-0.25, -0.2) is 9.80 Å². The second kappa shape index (κ2) is 28.5. The topological polar surface area (TPSA) is 186 Å². The van der Waals surface area contributed by atoms with Crippen molar-refractivity contribution >= 4 is 58.6 Å². The summed E-state index contributed by atoms with van der Waals surface area (Å²) in [6.45, 7) is 22.6. The molecule has 12 aromatic carbocycles. The van der Waals surface area contributed by atoms with E-state index in [9.17, 15) is 38.4 Å². The number of imide groups is 4. The molecule has 0 aliphatic carbocycles. The monoisotopic (exact) mass is 1470 g/mol. The van der Waals surface area contributed by atoms with E-state index in [1.807, 2.05) is 186 Å². The lowest BCUT2D eigenvalue weighted by molar-refractivity contribution is 0.0636. The third-order valence-corrected chi connectivity index (χ3v) is 21.9. The molecule has 0 spiro atoms. The summed E-state index contributed by atoms with van der Waals surface area (Å²) < 4.78 is 24.5. The molecular formula is C95H78N4O12. The first kappa shape index (κ1) is 72.9. The van der Waals surface area contributed by atoms with Crippen molar-refractivity contribution < 1.29 is 57.3 Å². The van der Waals surface area contributed by atoms with Gasteiger partial charge in [-0.05, 0) is 260 Å². The Morgan fingerprint density at radius 2 is 0.577 bits per heavy atom. The van der Waals surface area contributed by atoms with Crippen molar-refractivity contribution in [2.45, 2.75) is 93.5 Å². The molecule has 16 heteroatoms. The quantitative estimate of drug-likeness (QED) is 0.0787. The molecule has 16 rings (SSSR count). The smallest absolute Gasteiger partial charge is 0.266 e. The van der Waals surface area contributed by atoms with Crippen LogP contribution in [-0.2, 0) is 17.4 Å². The number of aryl methyl sites for hydroxylation is 7. The van der Waals surface area contributed by atoms with Crippen molar-refractivity contribution in [3.8, 4) is 57.1 Å². The van der Waals surface area contributed by atoms with Crippen LogP contribution in [0.5, 0.6) is 46.0 Å². The van der Waals surface area contributed by atoms with Crippen LogP contribution in [0.1, 0.15) is 177 Å². The zero-order chi connectivity index (χ0) is 78.2. The molecule has 0 atom stereocenters. The predicted molar refractivity (Wildman–Crippen MR) is 427 cm³/mol. The summed E-state index contributed by atoms with van der Waals surface area (Å²) in [7, 11) is 1.47. The number of carbonyl (C=O) groups excluding carboxylic acids is 8. The van der Waals surface area contributed by atoms with Crippen molar-refractivity contribution in [2.75, 3.05) is 16.8 Å². The van der Waals surface area contributed by atoms with Gasteiger partial charge in [0, 0.05) is 17.9 Å². The maximum absolute atomic E-state index is 13.8. The van der Waals surface area contributed by atoms with E-state index in [0.717, 1.165) is 71.7 Å². The highest BCUT2D eigenvalue weighted by molar-refractivity contribution is 6.36. The molecule has 0 unspecified atom stereocenters. The molecule has 550 valence electrons. The van der Waals surface area contributed by atoms with Crippen molar-refractivity contribution in [3.05, 3.63) is 354 Å². The van der Waals surface area contributed by atoms with Crippen LogP contribution in [0, 0.1) is 48.5 Å². The zero-order valence-corrected chi connectivity index (χ0v) is 63.5. The molecule has 0 fully saturated rings. The van der Waals surface area contributed by atoms with E-state index in [4.69, 9.17) is 18.9 Å². The first-order valence-corrected chi connectivity index (χ1v) is 36.6. The van der Waals surface area contributed by atoms with Crippen LogP contribution < -0.4 is 28.7 Å². The van der Waals surface area contributed by atoms with Gasteiger partial charge >= 0.3 is 0 Å². The van der Waals surface area contributed by atoms with Gasteiger partial charge in [0.2, 0.25) is 0 Å². The van der Waals surface area contributed by atoms with Gasteiger partial charge in [-0.3, -0.25) is 48.2 Å². The zero-order valence-electron chi connectivity index (χ0n) is 63.5. The van der Waals surface area contributed by atoms with Gasteiger partial charge in [0.1, 0.15) is 46.0 Å². The largest absolute Gasteiger partial charge is 0.457 e. The Bertz CT molecular complexity index is 5880. The Balaban J connectivity index is 0.000000181. The molecule has 12 aromatic rings. The average molecular weight is 1470 g/mol. The van der Waals surface area contributed by atoms with E-state index >= 15 is 0 Å². The van der Waals surface area contributed by atoms with Gasteiger partial charge in [0.05, 0.1) is 62.4 Å². The van der Waals surface area contributed by atoms with Crippen LogP contribution in [0.4, 0.5) is 11.4 Å². The summed E-state index contributed by atoms with van der Waals surface area (Å²) in [5.74, 6) is 1.53. The first-order valence-electron chi connectivity index (χ1n) is 36.6. The molecule has 16 nitrogen and oxygen atoms in total. The van der Waals surface area contributed by atoms with Crippen LogP contribution in [0.25, 0.3) is 11.1 Å². The fourth-order valence-electron chi connectivity index (χ4n) is 14.9. The third-order valence-electron chi connectivity index (χ3n) is 21.9. The van der Waals surface area contributed by atoms with Gasteiger partial charge in [-0.15, -0.1) is 0 Å². The number of ether oxygens (including phenoxy) is 4. The minimum atomic E-state index is -0.384. The molecule has 0 aromatic heterocycles. The minimum Gasteiger partial charge on any atom is -0.457 e. The number of amides is 8. The first-order chi connectivity index (χ1) is 53.1. The molecule has 4 aliphatic rings. The summed E-state index contributed by atoms with van der Waals surface area (Å²) in [6.07, 6.45) is 0. The number of fused-ring (bicyclic) bond motifs is 4. The molecule has 8 amide bonds. The highest BCUT2D eigenvalue weighted by Gasteiger charge is 2.41. The normalized spacial score (nSPS) is 13.7. The van der Waals surface area contributed by atoms with Gasteiger partial charge in [0.15, 0.2) is 0 Å². The summed E-state index contributed by atoms with van der Waals surface area (Å²) >= 11 is 0. The maximum atomic E-state index is 13.8. The highest BCUT2D eigenvalue weighted by atomic mass is 16.5. The third kappa shape index (κ3) is 13.5. The van der Waals surface area contributed by atoms with Gasteiger partial charge < -0.3 is 18.9 Å². The molecule has 0 bridgehead atoms. The van der Waals surface area contributed by atoms with E-state index in [1.54, 1.807) is 72.8 Å². The second-order valence-corrected chi connectivity index (χ2v) is 29.8. The second-order valence-electron chi connectivity index (χ2n) is 29.8. The standard InChI is InChI=1S/C54H44N2O6.C41H34N2O6/c1-31-11-12-36(27-34(31)4)37-13-26-48(35(5)28-37)55-50(57)44-24-22-42(29-46(44)52(55)59)61-40-18-14-38(15-19-40)54(6,7)39-16-20-41(21-17-39)62-43-23-25-45-47(30-43)53(60)56(51(45)58)49-32(2)9-8-10-33(49)3;1-24-7-6-8-25(2)36(24)23-43-39(46)33-20-18-31(22-35(33)40(43)47)49-29-15-11-27(12-16-29)41(3,4)26-9-13-28(14-10-26)48-30-17-19-32-34(21-30)38(45)42(5)37(32)44/h8-30H,1-7H3;6-22H,23H2,1-5H3. The van der Waals surface area contributed by atoms with Gasteiger partial charge in [-0.2, -0.15) is 0 Å². The Morgan fingerprint density at radius 1 is 0.270 bits per heavy atom. The predicted octanol–water partition coefficient (Wildman–Crippen LogP) is 20.6. The summed E-state index contributed by atoms with van der Waals surface area (Å²) in [5.41, 5.74) is 17.5. The van der Waals surface area contributed by atoms with Crippen molar-refractivity contribution in [2.24, 2.45) is 0 Å². The van der Waals surface area contributed by atoms with Gasteiger partial charge in [0.25, 0.3) is 47.3 Å². The summed E-state index contributed by atoms with van der Waals surface area (Å²) in [4.78, 5) is 110. The average Bonchev–Trinajstić information content (AvgIpc) is 1.63. The highest BCUT2D eigenvalue weighted by Crippen LogP contribution is 2.42. The lowest BCUT2D eigenvalue weighted by atomic mass is 9.78. The maximum Gasteiger partial charge on any atom is 0.266 e.